The second-order valence-electron chi connectivity index (χ2n) is 10.1. The van der Waals surface area contributed by atoms with Crippen LogP contribution in [0, 0.1) is 0 Å². The summed E-state index contributed by atoms with van der Waals surface area (Å²) in [7, 11) is 3.33. The first-order valence-electron chi connectivity index (χ1n) is 13.9. The number of methoxy groups -OCH3 is 2. The molecule has 0 aromatic heterocycles. The Morgan fingerprint density at radius 2 is 1.09 bits per heavy atom. The number of ether oxygens (including phenoxy) is 2. The summed E-state index contributed by atoms with van der Waals surface area (Å²) < 4.78 is 11.0. The number of para-hydroxylation sites is 1. The zero-order valence-corrected chi connectivity index (χ0v) is 24.6. The fourth-order valence-corrected chi connectivity index (χ4v) is 6.20. The molecular weight excluding hydrogens is 554 g/mol. The van der Waals surface area contributed by atoms with Crippen LogP contribution in [0.5, 0.6) is 11.5 Å². The fourth-order valence-electron chi connectivity index (χ4n) is 5.78. The van der Waals surface area contributed by atoms with Gasteiger partial charge in [0.15, 0.2) is 5.11 Å². The lowest BCUT2D eigenvalue weighted by atomic mass is 9.88. The Bertz CT molecular complexity index is 1770. The van der Waals surface area contributed by atoms with Gasteiger partial charge in [-0.3, -0.25) is 4.90 Å². The molecule has 0 aliphatic carbocycles. The van der Waals surface area contributed by atoms with Gasteiger partial charge in [0.1, 0.15) is 17.2 Å². The second-order valence-corrected chi connectivity index (χ2v) is 10.5. The van der Waals surface area contributed by atoms with Gasteiger partial charge in [0.2, 0.25) is 5.66 Å². The Kier molecular flexibility index (Phi) is 6.77. The molecule has 0 N–H and O–H groups in total. The summed E-state index contributed by atoms with van der Waals surface area (Å²) in [4.78, 5) is 2.21. The number of hydrazone groups is 1. The molecule has 1 fully saturated rings. The van der Waals surface area contributed by atoms with E-state index in [1.807, 2.05) is 96.1 Å². The van der Waals surface area contributed by atoms with E-state index in [2.05, 4.69) is 63.6 Å². The zero-order valence-electron chi connectivity index (χ0n) is 23.7. The highest BCUT2D eigenvalue weighted by molar-refractivity contribution is 7.80. The molecule has 2 aliphatic heterocycles. The van der Waals surface area contributed by atoms with Gasteiger partial charge < -0.3 is 9.47 Å². The van der Waals surface area contributed by atoms with Crippen LogP contribution in [0.2, 0.25) is 0 Å². The average Bonchev–Trinajstić information content (AvgIpc) is 3.56. The van der Waals surface area contributed by atoms with Gasteiger partial charge >= 0.3 is 0 Å². The van der Waals surface area contributed by atoms with Crippen LogP contribution in [0.1, 0.15) is 11.1 Å². The first-order valence-corrected chi connectivity index (χ1v) is 14.4. The number of nitrogens with zero attached hydrogens (tertiary/aromatic N) is 5. The minimum Gasteiger partial charge on any atom is -0.497 e. The van der Waals surface area contributed by atoms with Crippen LogP contribution in [-0.4, -0.2) is 30.2 Å². The molecule has 5 aromatic carbocycles. The lowest BCUT2D eigenvalue weighted by Crippen LogP contribution is -2.58. The number of thiocarbonyl (C=S) groups is 1. The molecule has 43 heavy (non-hydrogen) atoms. The van der Waals surface area contributed by atoms with Crippen molar-refractivity contribution in [2.75, 3.05) is 29.2 Å². The third kappa shape index (κ3) is 4.22. The van der Waals surface area contributed by atoms with Crippen molar-refractivity contribution in [1.29, 1.82) is 0 Å². The maximum absolute atomic E-state index is 6.44. The minimum absolute atomic E-state index is 0.599. The highest BCUT2D eigenvalue weighted by atomic mass is 32.1. The molecule has 8 heteroatoms. The second kappa shape index (κ2) is 10.9. The first kappa shape index (κ1) is 26.7. The van der Waals surface area contributed by atoms with E-state index in [-0.39, 0.29) is 0 Å². The van der Waals surface area contributed by atoms with Crippen LogP contribution >= 0.6 is 12.2 Å². The fraction of sp³-hybridized carbons (Fsp3) is 0.0857. The Morgan fingerprint density at radius 1 is 0.581 bits per heavy atom. The van der Waals surface area contributed by atoms with Crippen molar-refractivity contribution in [3.05, 3.63) is 151 Å². The lowest BCUT2D eigenvalue weighted by molar-refractivity contribution is 0.195. The quantitative estimate of drug-likeness (QED) is 0.187. The van der Waals surface area contributed by atoms with E-state index in [0.29, 0.717) is 5.11 Å². The van der Waals surface area contributed by atoms with Crippen LogP contribution < -0.4 is 24.5 Å². The molecule has 0 amide bonds. The Labute approximate surface area is 256 Å². The highest BCUT2D eigenvalue weighted by Crippen LogP contribution is 2.52. The van der Waals surface area contributed by atoms with E-state index in [4.69, 9.17) is 26.8 Å². The maximum atomic E-state index is 6.44. The Balaban J connectivity index is 1.56. The molecule has 0 bridgehead atoms. The standard InChI is InChI=1S/C35H29N5O2S/c1-41-31-22-18-29(19-23-31)38-34(43)37(28-16-10-5-11-17-28)35(27-14-8-4-9-15-27)33(26-12-6-3-7-13-26)36-39(40(35)38)30-20-24-32(42-2)25-21-30/h3-25H,1-2H3. The van der Waals surface area contributed by atoms with Gasteiger partial charge in [0.25, 0.3) is 0 Å². The van der Waals surface area contributed by atoms with E-state index in [0.717, 1.165) is 45.4 Å². The summed E-state index contributed by atoms with van der Waals surface area (Å²) in [5, 5.41) is 12.2. The molecule has 2 heterocycles. The third-order valence-corrected chi connectivity index (χ3v) is 8.09. The van der Waals surface area contributed by atoms with Gasteiger partial charge in [-0.05, 0) is 72.9 Å². The van der Waals surface area contributed by atoms with Crippen LogP contribution in [0.25, 0.3) is 0 Å². The van der Waals surface area contributed by atoms with Crippen molar-refractivity contribution >= 4 is 40.1 Å². The summed E-state index contributed by atoms with van der Waals surface area (Å²) in [5.74, 6) is 1.53. The summed E-state index contributed by atoms with van der Waals surface area (Å²) in [5.41, 5.74) is 4.50. The number of hydrogen-bond acceptors (Lipinski definition) is 6. The van der Waals surface area contributed by atoms with Gasteiger partial charge in [-0.1, -0.05) is 84.0 Å². The molecule has 1 saturated heterocycles. The molecule has 5 aromatic rings. The van der Waals surface area contributed by atoms with Crippen molar-refractivity contribution in [2.45, 2.75) is 5.66 Å². The molecular formula is C35H29N5O2S. The average molecular weight is 584 g/mol. The van der Waals surface area contributed by atoms with Gasteiger partial charge in [-0.2, -0.15) is 10.2 Å². The summed E-state index contributed by atoms with van der Waals surface area (Å²) >= 11 is 6.44. The van der Waals surface area contributed by atoms with Crippen molar-refractivity contribution in [1.82, 2.24) is 5.12 Å². The molecule has 2 aliphatic rings. The number of rotatable bonds is 7. The van der Waals surface area contributed by atoms with E-state index in [1.165, 1.54) is 0 Å². The van der Waals surface area contributed by atoms with Crippen LogP contribution in [-0.2, 0) is 5.66 Å². The molecule has 1 unspecified atom stereocenters. The van der Waals surface area contributed by atoms with Crippen LogP contribution in [0.4, 0.5) is 17.1 Å². The Hall–Kier alpha value is -5.18. The van der Waals surface area contributed by atoms with Gasteiger partial charge in [-0.25, -0.2) is 5.01 Å². The summed E-state index contributed by atoms with van der Waals surface area (Å²) in [6.07, 6.45) is 0. The monoisotopic (exact) mass is 583 g/mol. The van der Waals surface area contributed by atoms with Crippen LogP contribution in [0.3, 0.4) is 0 Å². The van der Waals surface area contributed by atoms with E-state index in [1.54, 1.807) is 14.2 Å². The first-order chi connectivity index (χ1) is 21.2. The molecule has 0 saturated carbocycles. The topological polar surface area (TPSA) is 43.8 Å². The molecule has 7 nitrogen and oxygen atoms in total. The SMILES string of the molecule is COc1ccc(N2N=C(c3ccccc3)C3(c4ccccc4)N(c4ccccc4)C(=S)N(c4ccc(OC)cc4)N23)cc1. The van der Waals surface area contributed by atoms with Crippen molar-refractivity contribution < 1.29 is 9.47 Å². The summed E-state index contributed by atoms with van der Waals surface area (Å²) in [6.45, 7) is 0. The van der Waals surface area contributed by atoms with Crippen molar-refractivity contribution in [3.63, 3.8) is 0 Å². The predicted octanol–water partition coefficient (Wildman–Crippen LogP) is 7.22. The Morgan fingerprint density at radius 3 is 1.65 bits per heavy atom. The zero-order chi connectivity index (χ0) is 29.4. The van der Waals surface area contributed by atoms with Crippen molar-refractivity contribution in [2.24, 2.45) is 5.10 Å². The smallest absolute Gasteiger partial charge is 0.211 e. The van der Waals surface area contributed by atoms with E-state index in [9.17, 15) is 0 Å². The molecule has 0 spiro atoms. The lowest BCUT2D eigenvalue weighted by Gasteiger charge is -2.41. The molecule has 212 valence electrons. The van der Waals surface area contributed by atoms with Gasteiger partial charge in [-0.15, -0.1) is 0 Å². The minimum atomic E-state index is -0.985. The van der Waals surface area contributed by atoms with E-state index >= 15 is 0 Å². The number of benzene rings is 5. The normalized spacial score (nSPS) is 18.0. The number of anilines is 3. The number of hydrazine groups is 2. The predicted molar refractivity (Wildman–Crippen MR) is 175 cm³/mol. The van der Waals surface area contributed by atoms with Crippen LogP contribution in [0.15, 0.2) is 145 Å². The summed E-state index contributed by atoms with van der Waals surface area (Å²) in [6, 6.07) is 46.8. The molecule has 7 rings (SSSR count). The molecule has 1 atom stereocenters. The van der Waals surface area contributed by atoms with E-state index < -0.39 is 5.66 Å². The van der Waals surface area contributed by atoms with Gasteiger partial charge in [0.05, 0.1) is 25.6 Å². The number of fused-ring (bicyclic) bond motifs is 1. The highest BCUT2D eigenvalue weighted by Gasteiger charge is 2.65. The number of hydrogen-bond donors (Lipinski definition) is 0. The maximum Gasteiger partial charge on any atom is 0.211 e. The molecule has 0 radical (unpaired) electrons. The largest absolute Gasteiger partial charge is 0.497 e. The van der Waals surface area contributed by atoms with Gasteiger partial charge in [0, 0.05) is 16.8 Å². The van der Waals surface area contributed by atoms with Crippen molar-refractivity contribution in [3.8, 4) is 11.5 Å². The third-order valence-electron chi connectivity index (χ3n) is 7.74.